The smallest absolute Gasteiger partial charge is 0.137 e. The topological polar surface area (TPSA) is 73.3 Å². The highest BCUT2D eigenvalue weighted by molar-refractivity contribution is 5.44. The third-order valence-corrected chi connectivity index (χ3v) is 2.76. The number of rotatable bonds is 5. The molecule has 2 heterocycles. The summed E-state index contributed by atoms with van der Waals surface area (Å²) in [6.45, 7) is 3.20. The van der Waals surface area contributed by atoms with Crippen LogP contribution in [0.1, 0.15) is 24.6 Å². The van der Waals surface area contributed by atoms with E-state index >= 15 is 0 Å². The Morgan fingerprint density at radius 2 is 2.39 bits per heavy atom. The minimum atomic E-state index is -0.287. The highest BCUT2D eigenvalue weighted by Crippen LogP contribution is 2.08. The molecule has 1 unspecified atom stereocenters. The van der Waals surface area contributed by atoms with Crippen LogP contribution in [0.3, 0.4) is 0 Å². The predicted octanol–water partition coefficient (Wildman–Crippen LogP) is 1.07. The van der Waals surface area contributed by atoms with Gasteiger partial charge in [-0.25, -0.2) is 4.98 Å². The summed E-state index contributed by atoms with van der Waals surface area (Å²) in [7, 11) is 0. The van der Waals surface area contributed by atoms with E-state index in [1.165, 1.54) is 0 Å². The molecule has 2 aromatic heterocycles. The Hall–Kier alpha value is -1.90. The molecule has 5 nitrogen and oxygen atoms in total. The van der Waals surface area contributed by atoms with Crippen molar-refractivity contribution in [3.63, 3.8) is 0 Å². The van der Waals surface area contributed by atoms with Crippen molar-refractivity contribution in [2.75, 3.05) is 6.54 Å². The Morgan fingerprint density at radius 3 is 3.11 bits per heavy atom. The zero-order valence-corrected chi connectivity index (χ0v) is 10.3. The van der Waals surface area contributed by atoms with E-state index in [9.17, 15) is 0 Å². The lowest BCUT2D eigenvalue weighted by molar-refractivity contribution is 0.183. The van der Waals surface area contributed by atoms with Crippen LogP contribution >= 0.6 is 0 Å². The van der Waals surface area contributed by atoms with Crippen molar-refractivity contribution in [2.45, 2.75) is 26.0 Å². The Morgan fingerprint density at radius 1 is 1.56 bits per heavy atom. The molecule has 0 saturated heterocycles. The first-order chi connectivity index (χ1) is 8.70. The van der Waals surface area contributed by atoms with E-state index in [1.807, 2.05) is 10.5 Å². The van der Waals surface area contributed by atoms with E-state index in [0.29, 0.717) is 12.1 Å². The van der Waals surface area contributed by atoms with Crippen LogP contribution in [0.4, 0.5) is 0 Å². The molecule has 0 spiro atoms. The second-order valence-electron chi connectivity index (χ2n) is 4.32. The molecule has 0 aliphatic heterocycles. The predicted molar refractivity (Wildman–Crippen MR) is 67.9 cm³/mol. The summed E-state index contributed by atoms with van der Waals surface area (Å²) in [5.74, 6) is 0. The molecule has 0 fully saturated rings. The molecule has 0 aromatic carbocycles. The molecule has 2 rings (SSSR count). The van der Waals surface area contributed by atoms with Crippen molar-refractivity contribution in [3.05, 3.63) is 35.8 Å². The number of nitrogens with one attached hydrogen (secondary N) is 1. The molecule has 0 aliphatic carbocycles. The summed E-state index contributed by atoms with van der Waals surface area (Å²) >= 11 is 0. The molecule has 1 atom stereocenters. The van der Waals surface area contributed by atoms with Crippen LogP contribution in [0.15, 0.2) is 24.5 Å². The summed E-state index contributed by atoms with van der Waals surface area (Å²) in [4.78, 5) is 4.27. The zero-order valence-electron chi connectivity index (χ0n) is 10.3. The quantitative estimate of drug-likeness (QED) is 0.771. The molecular formula is C13H16N4O. The Bertz CT molecular complexity index is 568. The van der Waals surface area contributed by atoms with Gasteiger partial charge in [0.05, 0.1) is 23.6 Å². The highest BCUT2D eigenvalue weighted by atomic mass is 16.3. The third-order valence-electron chi connectivity index (χ3n) is 2.76. The van der Waals surface area contributed by atoms with Gasteiger partial charge in [-0.3, -0.25) is 0 Å². The van der Waals surface area contributed by atoms with Crippen LogP contribution in [0.25, 0.3) is 5.65 Å². The lowest BCUT2D eigenvalue weighted by Crippen LogP contribution is -2.19. The largest absolute Gasteiger partial charge is 0.393 e. The molecule has 18 heavy (non-hydrogen) atoms. The number of nitrogens with zero attached hydrogens (tertiary/aromatic N) is 3. The molecule has 0 radical (unpaired) electrons. The molecule has 0 aliphatic rings. The van der Waals surface area contributed by atoms with E-state index in [1.54, 1.807) is 25.4 Å². The first-order valence-corrected chi connectivity index (χ1v) is 5.95. The van der Waals surface area contributed by atoms with Crippen molar-refractivity contribution in [1.29, 1.82) is 5.26 Å². The maximum Gasteiger partial charge on any atom is 0.137 e. The molecule has 2 N–H and O–H groups in total. The van der Waals surface area contributed by atoms with Gasteiger partial charge >= 0.3 is 0 Å². The fraction of sp³-hybridized carbons (Fsp3) is 0.385. The summed E-state index contributed by atoms with van der Waals surface area (Å²) in [6.07, 6.45) is 4.02. The number of hydrogen-bond acceptors (Lipinski definition) is 4. The van der Waals surface area contributed by atoms with E-state index in [0.717, 1.165) is 24.3 Å². The van der Waals surface area contributed by atoms with Crippen molar-refractivity contribution in [2.24, 2.45) is 0 Å². The number of nitriles is 1. The van der Waals surface area contributed by atoms with Crippen LogP contribution in [-0.4, -0.2) is 27.1 Å². The Balaban J connectivity index is 2.07. The lowest BCUT2D eigenvalue weighted by atomic mass is 10.3. The fourth-order valence-electron chi connectivity index (χ4n) is 1.76. The summed E-state index contributed by atoms with van der Waals surface area (Å²) in [6, 6.07) is 5.70. The maximum absolute atomic E-state index is 9.16. The lowest BCUT2D eigenvalue weighted by Gasteiger charge is -2.06. The number of aromatic nitrogens is 2. The summed E-state index contributed by atoms with van der Waals surface area (Å²) in [5.41, 5.74) is 2.46. The number of hydrogen-bond donors (Lipinski definition) is 2. The van der Waals surface area contributed by atoms with Crippen molar-refractivity contribution in [1.82, 2.24) is 14.7 Å². The minimum Gasteiger partial charge on any atom is -0.393 e. The van der Waals surface area contributed by atoms with Crippen LogP contribution in [0, 0.1) is 11.3 Å². The second-order valence-corrected chi connectivity index (χ2v) is 4.32. The van der Waals surface area contributed by atoms with Gasteiger partial charge in [0, 0.05) is 12.7 Å². The molecule has 5 heteroatoms. The van der Waals surface area contributed by atoms with Gasteiger partial charge in [0.1, 0.15) is 11.7 Å². The van der Waals surface area contributed by atoms with Gasteiger partial charge < -0.3 is 14.8 Å². The van der Waals surface area contributed by atoms with E-state index in [-0.39, 0.29) is 6.10 Å². The normalized spacial score (nSPS) is 12.5. The van der Waals surface area contributed by atoms with E-state index < -0.39 is 0 Å². The van der Waals surface area contributed by atoms with Crippen molar-refractivity contribution < 1.29 is 5.11 Å². The Kier molecular flexibility index (Phi) is 3.92. The van der Waals surface area contributed by atoms with Crippen LogP contribution in [-0.2, 0) is 6.54 Å². The van der Waals surface area contributed by atoms with Crippen molar-refractivity contribution >= 4 is 5.65 Å². The number of aliphatic hydroxyl groups is 1. The SMILES string of the molecule is CC(O)CCNCc1cnc2ccc(C#N)cn12. The molecule has 0 amide bonds. The number of fused-ring (bicyclic) bond motifs is 1. The summed E-state index contributed by atoms with van der Waals surface area (Å²) in [5, 5.41) is 21.3. The van der Waals surface area contributed by atoms with Gasteiger partial charge in [-0.15, -0.1) is 0 Å². The van der Waals surface area contributed by atoms with Gasteiger partial charge in [0.2, 0.25) is 0 Å². The van der Waals surface area contributed by atoms with Gasteiger partial charge in [-0.2, -0.15) is 5.26 Å². The highest BCUT2D eigenvalue weighted by Gasteiger charge is 2.04. The van der Waals surface area contributed by atoms with Gasteiger partial charge in [0.15, 0.2) is 0 Å². The average Bonchev–Trinajstić information content (AvgIpc) is 2.76. The van der Waals surface area contributed by atoms with E-state index in [4.69, 9.17) is 10.4 Å². The number of pyridine rings is 1. The average molecular weight is 244 g/mol. The van der Waals surface area contributed by atoms with Crippen LogP contribution in [0.5, 0.6) is 0 Å². The summed E-state index contributed by atoms with van der Waals surface area (Å²) < 4.78 is 1.91. The second kappa shape index (κ2) is 5.63. The molecule has 94 valence electrons. The molecule has 2 aromatic rings. The minimum absolute atomic E-state index is 0.287. The fourth-order valence-corrected chi connectivity index (χ4v) is 1.76. The van der Waals surface area contributed by atoms with Gasteiger partial charge in [-0.1, -0.05) is 0 Å². The first-order valence-electron chi connectivity index (χ1n) is 5.95. The standard InChI is InChI=1S/C13H16N4O/c1-10(18)4-5-15-7-12-8-16-13-3-2-11(6-14)9-17(12)13/h2-3,8-10,15,18H,4-5,7H2,1H3. The third kappa shape index (κ3) is 2.86. The molecule has 0 saturated carbocycles. The monoisotopic (exact) mass is 244 g/mol. The number of imidazole rings is 1. The maximum atomic E-state index is 9.16. The van der Waals surface area contributed by atoms with Crippen LogP contribution < -0.4 is 5.32 Å². The zero-order chi connectivity index (χ0) is 13.0. The van der Waals surface area contributed by atoms with E-state index in [2.05, 4.69) is 16.4 Å². The number of aliphatic hydroxyl groups excluding tert-OH is 1. The van der Waals surface area contributed by atoms with Gasteiger partial charge in [0.25, 0.3) is 0 Å². The molecular weight excluding hydrogens is 228 g/mol. The van der Waals surface area contributed by atoms with Crippen molar-refractivity contribution in [3.8, 4) is 6.07 Å². The van der Waals surface area contributed by atoms with Crippen LogP contribution in [0.2, 0.25) is 0 Å². The molecule has 0 bridgehead atoms. The first kappa shape index (κ1) is 12.6. The van der Waals surface area contributed by atoms with Gasteiger partial charge in [-0.05, 0) is 32.0 Å². The Labute approximate surface area is 106 Å².